The summed E-state index contributed by atoms with van der Waals surface area (Å²) in [5.41, 5.74) is 1.75. The Bertz CT molecular complexity index is 1950. The Morgan fingerprint density at radius 2 is 1.72 bits per heavy atom. The van der Waals surface area contributed by atoms with Gasteiger partial charge in [0.25, 0.3) is 5.91 Å². The molecule has 6 rings (SSSR count). The average molecular weight is 631 g/mol. The van der Waals surface area contributed by atoms with Gasteiger partial charge in [-0.05, 0) is 62.2 Å². The van der Waals surface area contributed by atoms with Gasteiger partial charge < -0.3 is 24.4 Å². The number of hydrogen-bond acceptors (Lipinski definition) is 9. The molecule has 11 nitrogen and oxygen atoms in total. The van der Waals surface area contributed by atoms with Crippen molar-refractivity contribution in [2.45, 2.75) is 38.3 Å². The third-order valence-electron chi connectivity index (χ3n) is 8.30. The van der Waals surface area contributed by atoms with Crippen molar-refractivity contribution in [2.24, 2.45) is 0 Å². The summed E-state index contributed by atoms with van der Waals surface area (Å²) in [5, 5.41) is 8.14. The van der Waals surface area contributed by atoms with E-state index in [2.05, 4.69) is 10.3 Å². The number of piperidine rings is 1. The predicted octanol–water partition coefficient (Wildman–Crippen LogP) is 5.38. The Hall–Kier alpha value is -5.33. The zero-order valence-electron chi connectivity index (χ0n) is 25.7. The van der Waals surface area contributed by atoms with Crippen LogP contribution in [0.3, 0.4) is 0 Å². The van der Waals surface area contributed by atoms with Gasteiger partial charge in [0.05, 0.1) is 32.3 Å². The standard InChI is InChI=1S/C33H32F2N6O5/c1-18-5-6-22(17-40(18)31(42)19-7-9-20(10-8-19)32(43)46-4)29-38-30-25-13-23(34)14-26(35)28(25)37-33(41(30)39-29)36-16-21-11-12-24(44-2)15-27(21)45-3/h7-15,18,22H,5-6,16-17H2,1-4H3,(H,36,37)/t18-,22+/m0/s1. The van der Waals surface area contributed by atoms with Crippen LogP contribution in [-0.4, -0.2) is 70.3 Å². The maximum Gasteiger partial charge on any atom is 0.337 e. The highest BCUT2D eigenvalue weighted by Gasteiger charge is 2.33. The number of carbonyl (C=O) groups excluding carboxylic acids is 2. The van der Waals surface area contributed by atoms with Gasteiger partial charge in [0.2, 0.25) is 5.95 Å². The van der Waals surface area contributed by atoms with E-state index in [9.17, 15) is 14.0 Å². The molecule has 13 heteroatoms. The summed E-state index contributed by atoms with van der Waals surface area (Å²) in [6.07, 6.45) is 1.39. The molecule has 1 saturated heterocycles. The van der Waals surface area contributed by atoms with Crippen molar-refractivity contribution in [2.75, 3.05) is 33.2 Å². The normalized spacial score (nSPS) is 16.4. The van der Waals surface area contributed by atoms with E-state index in [0.717, 1.165) is 11.6 Å². The van der Waals surface area contributed by atoms with Gasteiger partial charge in [0.15, 0.2) is 17.3 Å². The van der Waals surface area contributed by atoms with Crippen LogP contribution in [0, 0.1) is 11.6 Å². The summed E-state index contributed by atoms with van der Waals surface area (Å²) in [4.78, 5) is 36.4. The van der Waals surface area contributed by atoms with Crippen molar-refractivity contribution in [3.05, 3.63) is 88.7 Å². The number of benzene rings is 3. The van der Waals surface area contributed by atoms with E-state index in [0.29, 0.717) is 47.8 Å². The number of anilines is 1. The van der Waals surface area contributed by atoms with Gasteiger partial charge >= 0.3 is 5.97 Å². The fraction of sp³-hybridized carbons (Fsp3) is 0.303. The second kappa shape index (κ2) is 12.6. The summed E-state index contributed by atoms with van der Waals surface area (Å²) < 4.78 is 46.4. The molecule has 5 aromatic rings. The molecule has 0 aliphatic carbocycles. The van der Waals surface area contributed by atoms with Crippen LogP contribution in [0.25, 0.3) is 16.6 Å². The average Bonchev–Trinajstić information content (AvgIpc) is 3.53. The molecule has 0 bridgehead atoms. The number of esters is 1. The maximum atomic E-state index is 15.0. The smallest absolute Gasteiger partial charge is 0.337 e. The lowest BCUT2D eigenvalue weighted by Crippen LogP contribution is -2.45. The van der Waals surface area contributed by atoms with E-state index in [4.69, 9.17) is 24.3 Å². The molecule has 0 radical (unpaired) electrons. The van der Waals surface area contributed by atoms with Crippen LogP contribution < -0.4 is 14.8 Å². The number of methoxy groups -OCH3 is 3. The Labute approximate surface area is 263 Å². The van der Waals surface area contributed by atoms with Gasteiger partial charge in [-0.25, -0.2) is 23.5 Å². The topological polar surface area (TPSA) is 120 Å². The molecule has 238 valence electrons. The lowest BCUT2D eigenvalue weighted by Gasteiger charge is -2.37. The lowest BCUT2D eigenvalue weighted by atomic mass is 9.92. The van der Waals surface area contributed by atoms with Crippen molar-refractivity contribution in [3.63, 3.8) is 0 Å². The highest BCUT2D eigenvalue weighted by Crippen LogP contribution is 2.32. The number of aromatic nitrogens is 4. The van der Waals surface area contributed by atoms with E-state index in [1.807, 2.05) is 13.0 Å². The first-order valence-corrected chi connectivity index (χ1v) is 14.7. The minimum absolute atomic E-state index is 0.0524. The molecule has 1 aliphatic rings. The third kappa shape index (κ3) is 5.75. The van der Waals surface area contributed by atoms with Crippen LogP contribution in [0.1, 0.15) is 57.8 Å². The number of hydrogen-bond donors (Lipinski definition) is 1. The van der Waals surface area contributed by atoms with E-state index in [1.54, 1.807) is 55.5 Å². The van der Waals surface area contributed by atoms with Gasteiger partial charge in [0, 0.05) is 48.3 Å². The molecule has 3 heterocycles. The van der Waals surface area contributed by atoms with Crippen LogP contribution in [0.4, 0.5) is 14.7 Å². The van der Waals surface area contributed by atoms with Gasteiger partial charge in [-0.15, -0.1) is 5.10 Å². The summed E-state index contributed by atoms with van der Waals surface area (Å²) in [5.74, 6) is -0.676. The SMILES string of the molecule is COC(=O)c1ccc(C(=O)N2C[C@H](c3nc4c5cc(F)cc(F)c5nc(NCc5ccc(OC)cc5OC)n4n3)CC[C@@H]2C)cc1. The van der Waals surface area contributed by atoms with Crippen LogP contribution in [0.2, 0.25) is 0 Å². The summed E-state index contributed by atoms with van der Waals surface area (Å²) in [7, 11) is 4.41. The first-order valence-electron chi connectivity index (χ1n) is 14.7. The number of nitrogens with one attached hydrogen (secondary N) is 1. The van der Waals surface area contributed by atoms with E-state index < -0.39 is 17.6 Å². The Morgan fingerprint density at radius 3 is 2.43 bits per heavy atom. The highest BCUT2D eigenvalue weighted by atomic mass is 19.1. The van der Waals surface area contributed by atoms with Gasteiger partial charge in [-0.2, -0.15) is 4.52 Å². The molecule has 3 aromatic carbocycles. The van der Waals surface area contributed by atoms with Gasteiger partial charge in [0.1, 0.15) is 22.8 Å². The van der Waals surface area contributed by atoms with Crippen molar-refractivity contribution < 1.29 is 32.6 Å². The molecular formula is C33H32F2N6O5. The first-order chi connectivity index (χ1) is 22.2. The summed E-state index contributed by atoms with van der Waals surface area (Å²) in [6, 6.07) is 13.6. The lowest BCUT2D eigenvalue weighted by molar-refractivity contribution is 0.0590. The second-order valence-corrected chi connectivity index (χ2v) is 11.1. The number of likely N-dealkylation sites (tertiary alicyclic amines) is 1. The molecule has 0 saturated carbocycles. The van der Waals surface area contributed by atoms with E-state index in [-0.39, 0.29) is 46.9 Å². The van der Waals surface area contributed by atoms with Gasteiger partial charge in [-0.3, -0.25) is 4.79 Å². The number of halogens is 2. The van der Waals surface area contributed by atoms with Crippen LogP contribution in [0.5, 0.6) is 11.5 Å². The minimum atomic E-state index is -0.825. The van der Waals surface area contributed by atoms with E-state index in [1.165, 1.54) is 17.7 Å². The molecule has 1 N–H and O–H groups in total. The summed E-state index contributed by atoms with van der Waals surface area (Å²) in [6.45, 7) is 2.55. The zero-order valence-corrected chi connectivity index (χ0v) is 25.7. The molecule has 2 atom stereocenters. The van der Waals surface area contributed by atoms with Crippen LogP contribution >= 0.6 is 0 Å². The quantitative estimate of drug-likeness (QED) is 0.225. The fourth-order valence-corrected chi connectivity index (χ4v) is 5.75. The third-order valence-corrected chi connectivity index (χ3v) is 8.30. The maximum absolute atomic E-state index is 15.0. The number of rotatable bonds is 8. The summed E-state index contributed by atoms with van der Waals surface area (Å²) >= 11 is 0. The van der Waals surface area contributed by atoms with Crippen molar-refractivity contribution in [1.82, 2.24) is 24.5 Å². The van der Waals surface area contributed by atoms with Crippen molar-refractivity contribution >= 4 is 34.4 Å². The van der Waals surface area contributed by atoms with E-state index >= 15 is 4.39 Å². The molecule has 46 heavy (non-hydrogen) atoms. The number of nitrogens with zero attached hydrogens (tertiary/aromatic N) is 5. The Morgan fingerprint density at radius 1 is 0.957 bits per heavy atom. The van der Waals surface area contributed by atoms with Crippen molar-refractivity contribution in [3.8, 4) is 11.5 Å². The Kier molecular flexibility index (Phi) is 8.39. The number of fused-ring (bicyclic) bond motifs is 3. The van der Waals surface area contributed by atoms with Crippen molar-refractivity contribution in [1.29, 1.82) is 0 Å². The highest BCUT2D eigenvalue weighted by molar-refractivity contribution is 5.96. The zero-order chi connectivity index (χ0) is 32.5. The molecule has 2 aromatic heterocycles. The molecule has 1 aliphatic heterocycles. The fourth-order valence-electron chi connectivity index (χ4n) is 5.75. The van der Waals surface area contributed by atoms with Gasteiger partial charge in [-0.1, -0.05) is 0 Å². The monoisotopic (exact) mass is 630 g/mol. The number of carbonyl (C=O) groups is 2. The van der Waals surface area contributed by atoms with Crippen LogP contribution in [-0.2, 0) is 11.3 Å². The second-order valence-electron chi connectivity index (χ2n) is 11.1. The Balaban J connectivity index is 1.34. The predicted molar refractivity (Wildman–Crippen MR) is 165 cm³/mol. The molecule has 1 amide bonds. The molecule has 1 fully saturated rings. The molecule has 0 unspecified atom stereocenters. The number of ether oxygens (including phenoxy) is 3. The largest absolute Gasteiger partial charge is 0.497 e. The minimum Gasteiger partial charge on any atom is -0.497 e. The molecular weight excluding hydrogens is 598 g/mol. The van der Waals surface area contributed by atoms with Crippen LogP contribution in [0.15, 0.2) is 54.6 Å². The first kappa shape index (κ1) is 30.7. The number of amides is 1. The molecule has 0 spiro atoms.